The molecule has 190 valence electrons. The van der Waals surface area contributed by atoms with Gasteiger partial charge >= 0.3 is 0 Å². The molecule has 0 heterocycles. The predicted molar refractivity (Wildman–Crippen MR) is 162 cm³/mol. The molecule has 3 N–H and O–H groups in total. The van der Waals surface area contributed by atoms with Crippen LogP contribution in [0.1, 0.15) is 0 Å². The molecule has 2 amide bonds. The summed E-state index contributed by atoms with van der Waals surface area (Å²) in [7, 11) is 0. The fraction of sp³-hybridized carbons (Fsp3) is 0.0800. The quantitative estimate of drug-likeness (QED) is 0.153. The Kier molecular flexibility index (Phi) is 9.41. The molecule has 0 spiro atoms. The van der Waals surface area contributed by atoms with Crippen molar-refractivity contribution in [1.29, 1.82) is 0 Å². The van der Waals surface area contributed by atoms with Gasteiger partial charge < -0.3 is 9.47 Å². The predicted octanol–water partition coefficient (Wildman–Crippen LogP) is 6.52. The van der Waals surface area contributed by atoms with Crippen molar-refractivity contribution < 1.29 is 19.1 Å². The highest BCUT2D eigenvalue weighted by atomic mass is 79.9. The van der Waals surface area contributed by atoms with Crippen LogP contribution in [0.5, 0.6) is 11.5 Å². The van der Waals surface area contributed by atoms with Crippen molar-refractivity contribution in [1.82, 2.24) is 16.2 Å². The molecule has 0 saturated heterocycles. The first kappa shape index (κ1) is 27.8. The number of ether oxygens (including phenoxy) is 2. The maximum absolute atomic E-state index is 12.2. The van der Waals surface area contributed by atoms with E-state index >= 15 is 0 Å². The molecule has 4 aromatic carbocycles. The molecule has 0 unspecified atom stereocenters. The molecular weight excluding hydrogens is 758 g/mol. The van der Waals surface area contributed by atoms with E-state index in [2.05, 4.69) is 79.9 Å². The normalized spacial score (nSPS) is 10.7. The zero-order valence-electron chi connectivity index (χ0n) is 18.7. The number of rotatable bonds is 6. The minimum Gasteiger partial charge on any atom is -0.483 e. The zero-order valence-corrected chi connectivity index (χ0v) is 25.9. The number of fused-ring (bicyclic) bond motifs is 2. The fourth-order valence-electron chi connectivity index (χ4n) is 3.35. The number of hydrogen-bond donors (Lipinski definition) is 3. The molecule has 7 nitrogen and oxygen atoms in total. The Balaban J connectivity index is 1.22. The van der Waals surface area contributed by atoms with Gasteiger partial charge in [-0.3, -0.25) is 25.8 Å². The lowest BCUT2D eigenvalue weighted by molar-refractivity contribution is -0.124. The molecule has 0 aliphatic heterocycles. The van der Waals surface area contributed by atoms with Crippen LogP contribution in [0, 0.1) is 0 Å². The summed E-state index contributed by atoms with van der Waals surface area (Å²) in [5.74, 6) is 0.0622. The fourth-order valence-corrected chi connectivity index (χ4v) is 5.49. The standard InChI is InChI=1S/C25H17Br4N3O4S/c26-15-3-5-17-13(9-15)1-7-19(23(17)28)35-11-21(33)30-25(37)32-31-22(34)12-36-20-8-2-14-10-16(27)4-6-18(14)24(20)29/h1-10H,11-12H2,(H,31,34)(H2,30,32,33,37). The average molecular weight is 775 g/mol. The van der Waals surface area contributed by atoms with Crippen LogP contribution in [0.15, 0.2) is 78.6 Å². The highest BCUT2D eigenvalue weighted by Gasteiger charge is 2.12. The molecule has 0 aliphatic rings. The maximum Gasteiger partial charge on any atom is 0.276 e. The molecule has 4 rings (SSSR count). The Morgan fingerprint density at radius 1 is 0.676 bits per heavy atom. The van der Waals surface area contributed by atoms with E-state index in [4.69, 9.17) is 21.7 Å². The molecule has 0 atom stereocenters. The maximum atomic E-state index is 12.2. The SMILES string of the molecule is O=C(COc1ccc2cc(Br)ccc2c1Br)NNC(=S)NC(=O)COc1ccc2cc(Br)ccc2c1Br. The molecule has 0 saturated carbocycles. The molecular formula is C25H17Br4N3O4S. The summed E-state index contributed by atoms with van der Waals surface area (Å²) in [5.41, 5.74) is 4.86. The third kappa shape index (κ3) is 7.20. The minimum atomic E-state index is -0.488. The third-order valence-electron chi connectivity index (χ3n) is 5.05. The number of hydrazine groups is 1. The first-order valence-corrected chi connectivity index (χ1v) is 14.2. The van der Waals surface area contributed by atoms with Crippen LogP contribution in [0.25, 0.3) is 21.5 Å². The lowest BCUT2D eigenvalue weighted by atomic mass is 10.1. The van der Waals surface area contributed by atoms with Gasteiger partial charge in [0.25, 0.3) is 11.8 Å². The number of nitrogens with one attached hydrogen (secondary N) is 3. The summed E-state index contributed by atoms with van der Waals surface area (Å²) < 4.78 is 14.7. The summed E-state index contributed by atoms with van der Waals surface area (Å²) >= 11 is 19.0. The van der Waals surface area contributed by atoms with E-state index in [0.29, 0.717) is 11.5 Å². The largest absolute Gasteiger partial charge is 0.483 e. The van der Waals surface area contributed by atoms with E-state index in [0.717, 1.165) is 39.4 Å². The van der Waals surface area contributed by atoms with E-state index in [9.17, 15) is 9.59 Å². The van der Waals surface area contributed by atoms with Gasteiger partial charge in [-0.2, -0.15) is 0 Å². The van der Waals surface area contributed by atoms with E-state index < -0.39 is 11.8 Å². The van der Waals surface area contributed by atoms with E-state index in [1.54, 1.807) is 12.1 Å². The Bertz CT molecular complexity index is 1530. The summed E-state index contributed by atoms with van der Waals surface area (Å²) in [6.07, 6.45) is 0. The number of halogens is 4. The monoisotopic (exact) mass is 771 g/mol. The van der Waals surface area contributed by atoms with Gasteiger partial charge in [0.05, 0.1) is 8.95 Å². The molecule has 0 radical (unpaired) electrons. The first-order valence-electron chi connectivity index (χ1n) is 10.6. The number of benzene rings is 4. The van der Waals surface area contributed by atoms with E-state index in [1.807, 2.05) is 48.5 Å². The van der Waals surface area contributed by atoms with Gasteiger partial charge in [0, 0.05) is 8.95 Å². The Hall–Kier alpha value is -2.25. The van der Waals surface area contributed by atoms with Crippen molar-refractivity contribution in [2.45, 2.75) is 0 Å². The highest BCUT2D eigenvalue weighted by molar-refractivity contribution is 9.11. The van der Waals surface area contributed by atoms with Crippen molar-refractivity contribution in [3.05, 3.63) is 78.6 Å². The van der Waals surface area contributed by atoms with Gasteiger partial charge in [0.15, 0.2) is 18.3 Å². The van der Waals surface area contributed by atoms with Crippen LogP contribution in [0.4, 0.5) is 0 Å². The Morgan fingerprint density at radius 2 is 1.16 bits per heavy atom. The number of thiocarbonyl (C=S) groups is 1. The van der Waals surface area contributed by atoms with Crippen LogP contribution in [0.2, 0.25) is 0 Å². The van der Waals surface area contributed by atoms with Gasteiger partial charge in [0.1, 0.15) is 11.5 Å². The topological polar surface area (TPSA) is 88.7 Å². The molecule has 37 heavy (non-hydrogen) atoms. The zero-order chi connectivity index (χ0) is 26.5. The highest BCUT2D eigenvalue weighted by Crippen LogP contribution is 2.35. The smallest absolute Gasteiger partial charge is 0.276 e. The second-order valence-corrected chi connectivity index (χ2v) is 11.4. The van der Waals surface area contributed by atoms with Crippen molar-refractivity contribution in [3.8, 4) is 11.5 Å². The number of carbonyl (C=O) groups is 2. The first-order chi connectivity index (χ1) is 17.7. The van der Waals surface area contributed by atoms with Gasteiger partial charge in [-0.15, -0.1) is 0 Å². The van der Waals surface area contributed by atoms with Crippen LogP contribution < -0.4 is 25.6 Å². The second kappa shape index (κ2) is 12.5. The van der Waals surface area contributed by atoms with Crippen molar-refractivity contribution >= 4 is 114 Å². The average Bonchev–Trinajstić information content (AvgIpc) is 2.86. The minimum absolute atomic E-state index is 0.0816. The van der Waals surface area contributed by atoms with Gasteiger partial charge in [-0.25, -0.2) is 0 Å². The molecule has 0 bridgehead atoms. The summed E-state index contributed by atoms with van der Waals surface area (Å²) in [5, 5.41) is 6.30. The third-order valence-corrected chi connectivity index (χ3v) is 7.87. The number of carbonyl (C=O) groups excluding carboxylic acids is 2. The molecule has 12 heteroatoms. The molecule has 0 fully saturated rings. The summed E-state index contributed by atoms with van der Waals surface area (Å²) in [4.78, 5) is 24.4. The molecule has 0 aliphatic carbocycles. The van der Waals surface area contributed by atoms with Gasteiger partial charge in [-0.1, -0.05) is 56.1 Å². The van der Waals surface area contributed by atoms with Crippen LogP contribution >= 0.6 is 75.9 Å². The van der Waals surface area contributed by atoms with Crippen LogP contribution in [-0.2, 0) is 9.59 Å². The molecule has 4 aromatic rings. The van der Waals surface area contributed by atoms with Crippen molar-refractivity contribution in [3.63, 3.8) is 0 Å². The Labute approximate surface area is 251 Å². The van der Waals surface area contributed by atoms with Crippen LogP contribution in [-0.4, -0.2) is 30.1 Å². The van der Waals surface area contributed by atoms with Crippen LogP contribution in [0.3, 0.4) is 0 Å². The second-order valence-electron chi connectivity index (χ2n) is 7.61. The van der Waals surface area contributed by atoms with Crippen molar-refractivity contribution in [2.75, 3.05) is 13.2 Å². The van der Waals surface area contributed by atoms with Crippen molar-refractivity contribution in [2.24, 2.45) is 0 Å². The summed E-state index contributed by atoms with van der Waals surface area (Å²) in [6, 6.07) is 19.1. The molecule has 0 aromatic heterocycles. The number of amides is 2. The number of hydrogen-bond acceptors (Lipinski definition) is 5. The Morgan fingerprint density at radius 3 is 1.68 bits per heavy atom. The lowest BCUT2D eigenvalue weighted by Gasteiger charge is -2.13. The lowest BCUT2D eigenvalue weighted by Crippen LogP contribution is -2.50. The van der Waals surface area contributed by atoms with Gasteiger partial charge in [0.2, 0.25) is 0 Å². The van der Waals surface area contributed by atoms with E-state index in [-0.39, 0.29) is 18.3 Å². The van der Waals surface area contributed by atoms with Gasteiger partial charge in [-0.05, 0) is 102 Å². The van der Waals surface area contributed by atoms with E-state index in [1.165, 1.54) is 0 Å². The summed E-state index contributed by atoms with van der Waals surface area (Å²) in [6.45, 7) is -0.536.